The van der Waals surface area contributed by atoms with Crippen LogP contribution in [0.4, 0.5) is 4.39 Å². The van der Waals surface area contributed by atoms with Crippen LogP contribution < -0.4 is 19.5 Å². The first kappa shape index (κ1) is 21.5. The molecule has 3 aromatic heterocycles. The molecule has 9 nitrogen and oxygen atoms in total. The average Bonchev–Trinajstić information content (AvgIpc) is 2.90. The van der Waals surface area contributed by atoms with Crippen LogP contribution in [0.25, 0.3) is 11.0 Å². The molecule has 2 aliphatic rings. The Kier molecular flexibility index (Phi) is 6.34. The highest BCUT2D eigenvalue weighted by atomic mass is 19.1. The number of methoxy groups -OCH3 is 1. The Morgan fingerprint density at radius 1 is 1.24 bits per heavy atom. The van der Waals surface area contributed by atoms with Crippen LogP contribution in [0.1, 0.15) is 25.5 Å². The van der Waals surface area contributed by atoms with Gasteiger partial charge in [-0.05, 0) is 18.9 Å². The predicted molar refractivity (Wildman–Crippen MR) is 121 cm³/mol. The van der Waals surface area contributed by atoms with Gasteiger partial charge in [0.25, 0.3) is 0 Å². The van der Waals surface area contributed by atoms with E-state index in [9.17, 15) is 9.50 Å². The van der Waals surface area contributed by atoms with Crippen LogP contribution in [0.3, 0.4) is 0 Å². The second-order valence-corrected chi connectivity index (χ2v) is 8.29. The maximum Gasteiger partial charge on any atom is 0.213 e. The number of halogens is 1. The predicted octanol–water partition coefficient (Wildman–Crippen LogP) is 2.18. The SMILES string of the molecule is [2H]C(N[C@@H]1CC[C@@H](C(O)Cc2c(F)cnc3ccc(OC)nc23)OC1)c1cc2c(cn1)OCCO2. The molecule has 0 radical (unpaired) electrons. The van der Waals surface area contributed by atoms with Crippen molar-refractivity contribution in [2.24, 2.45) is 0 Å². The van der Waals surface area contributed by atoms with Gasteiger partial charge in [0, 0.05) is 38.1 Å². The molecule has 0 aromatic carbocycles. The van der Waals surface area contributed by atoms with Gasteiger partial charge in [0.15, 0.2) is 11.5 Å². The zero-order chi connectivity index (χ0) is 24.4. The van der Waals surface area contributed by atoms with E-state index in [4.69, 9.17) is 20.3 Å². The normalized spacial score (nSPS) is 22.1. The largest absolute Gasteiger partial charge is 0.486 e. The maximum atomic E-state index is 14.6. The minimum Gasteiger partial charge on any atom is -0.486 e. The number of rotatable bonds is 7. The second kappa shape index (κ2) is 10.0. The number of ether oxygens (including phenoxy) is 4. The summed E-state index contributed by atoms with van der Waals surface area (Å²) in [5.41, 5.74) is 1.70. The van der Waals surface area contributed by atoms with Crippen molar-refractivity contribution in [3.05, 3.63) is 47.7 Å². The first-order chi connectivity index (χ1) is 17.0. The molecule has 0 bridgehead atoms. The number of aliphatic hydroxyl groups is 1. The number of hydrogen-bond acceptors (Lipinski definition) is 9. The molecular weight excluding hydrogens is 443 g/mol. The topological polar surface area (TPSA) is 108 Å². The van der Waals surface area contributed by atoms with Gasteiger partial charge in [0.2, 0.25) is 5.88 Å². The zero-order valence-electron chi connectivity index (χ0n) is 19.7. The summed E-state index contributed by atoms with van der Waals surface area (Å²) in [6.07, 6.45) is 2.61. The van der Waals surface area contributed by atoms with Crippen molar-refractivity contribution in [1.82, 2.24) is 20.3 Å². The third kappa shape index (κ3) is 4.89. The van der Waals surface area contributed by atoms with Gasteiger partial charge in [-0.25, -0.2) is 9.37 Å². The van der Waals surface area contributed by atoms with Crippen molar-refractivity contribution in [1.29, 1.82) is 0 Å². The van der Waals surface area contributed by atoms with E-state index in [0.717, 1.165) is 6.20 Å². The summed E-state index contributed by atoms with van der Waals surface area (Å²) >= 11 is 0. The van der Waals surface area contributed by atoms with Gasteiger partial charge in [-0.1, -0.05) is 0 Å². The van der Waals surface area contributed by atoms with E-state index in [1.165, 1.54) is 7.11 Å². The molecular formula is C24H27FN4O5. The van der Waals surface area contributed by atoms with Crippen molar-refractivity contribution in [3.8, 4) is 17.4 Å². The lowest BCUT2D eigenvalue weighted by Crippen LogP contribution is -2.44. The zero-order valence-corrected chi connectivity index (χ0v) is 18.7. The van der Waals surface area contributed by atoms with Crippen LogP contribution >= 0.6 is 0 Å². The molecule has 1 saturated heterocycles. The van der Waals surface area contributed by atoms with Crippen molar-refractivity contribution in [2.75, 3.05) is 26.9 Å². The van der Waals surface area contributed by atoms with Crippen molar-refractivity contribution in [2.45, 2.75) is 44.0 Å². The van der Waals surface area contributed by atoms with E-state index >= 15 is 0 Å². The van der Waals surface area contributed by atoms with Gasteiger partial charge in [-0.2, -0.15) is 0 Å². The number of aliphatic hydroxyl groups excluding tert-OH is 1. The van der Waals surface area contributed by atoms with Gasteiger partial charge in [0.05, 0.1) is 55.0 Å². The molecule has 0 spiro atoms. The summed E-state index contributed by atoms with van der Waals surface area (Å²) in [7, 11) is 1.49. The smallest absolute Gasteiger partial charge is 0.213 e. The second-order valence-electron chi connectivity index (χ2n) is 8.29. The molecule has 180 valence electrons. The quantitative estimate of drug-likeness (QED) is 0.536. The summed E-state index contributed by atoms with van der Waals surface area (Å²) < 4.78 is 45.2. The van der Waals surface area contributed by atoms with E-state index < -0.39 is 24.5 Å². The summed E-state index contributed by atoms with van der Waals surface area (Å²) in [6, 6.07) is 4.99. The number of pyridine rings is 3. The van der Waals surface area contributed by atoms with E-state index in [1.54, 1.807) is 24.4 Å². The molecule has 2 unspecified atom stereocenters. The third-order valence-electron chi connectivity index (χ3n) is 6.02. The first-order valence-electron chi connectivity index (χ1n) is 11.8. The fourth-order valence-electron chi connectivity index (χ4n) is 4.18. The van der Waals surface area contributed by atoms with E-state index in [-0.39, 0.29) is 18.0 Å². The fourth-order valence-corrected chi connectivity index (χ4v) is 4.18. The van der Waals surface area contributed by atoms with E-state index in [0.29, 0.717) is 66.8 Å². The molecule has 2 aliphatic heterocycles. The highest BCUT2D eigenvalue weighted by Gasteiger charge is 2.29. The van der Waals surface area contributed by atoms with Gasteiger partial charge in [-0.3, -0.25) is 9.97 Å². The van der Waals surface area contributed by atoms with Crippen LogP contribution in [0.5, 0.6) is 17.4 Å². The number of aromatic nitrogens is 3. The summed E-state index contributed by atoms with van der Waals surface area (Å²) in [6.45, 7) is 0.500. The Hall–Kier alpha value is -3.08. The van der Waals surface area contributed by atoms with Gasteiger partial charge in [0.1, 0.15) is 19.0 Å². The molecule has 5 heterocycles. The molecule has 1 fully saturated rings. The van der Waals surface area contributed by atoms with Crippen molar-refractivity contribution < 1.29 is 29.8 Å². The lowest BCUT2D eigenvalue weighted by Gasteiger charge is -2.32. The maximum absolute atomic E-state index is 14.6. The van der Waals surface area contributed by atoms with Crippen LogP contribution in [-0.4, -0.2) is 65.2 Å². The van der Waals surface area contributed by atoms with Crippen LogP contribution in [0.15, 0.2) is 30.6 Å². The number of fused-ring (bicyclic) bond motifs is 2. The van der Waals surface area contributed by atoms with Gasteiger partial charge in [-0.15, -0.1) is 0 Å². The molecule has 4 atom stereocenters. The van der Waals surface area contributed by atoms with E-state index in [1.807, 2.05) is 0 Å². The Balaban J connectivity index is 1.19. The monoisotopic (exact) mass is 471 g/mol. The average molecular weight is 472 g/mol. The number of nitrogens with zero attached hydrogens (tertiary/aromatic N) is 3. The van der Waals surface area contributed by atoms with Gasteiger partial charge >= 0.3 is 0 Å². The van der Waals surface area contributed by atoms with Crippen LogP contribution in [0, 0.1) is 5.82 Å². The minimum absolute atomic E-state index is 0.0377. The molecule has 2 N–H and O–H groups in total. The standard InChI is InChI=1S/C24H27FN4O5/c1-31-23-5-3-18-24(29-23)16(17(25)11-28-18)9-19(30)20-4-2-14(13-34-20)26-10-15-8-21-22(12-27-15)33-7-6-32-21/h3,5,8,11-12,14,19-20,26,30H,2,4,6-7,9-10,13H2,1H3/t14-,19?,20+/m1/s1/i10D/t10?,14-,19?,20+. The first-order valence-corrected chi connectivity index (χ1v) is 11.2. The molecule has 10 heteroatoms. The lowest BCUT2D eigenvalue weighted by atomic mass is 9.96. The molecule has 34 heavy (non-hydrogen) atoms. The lowest BCUT2D eigenvalue weighted by molar-refractivity contribution is -0.0719. The molecule has 3 aromatic rings. The summed E-state index contributed by atoms with van der Waals surface area (Å²) in [5, 5.41) is 14.0. The Bertz CT molecular complexity index is 1190. The van der Waals surface area contributed by atoms with Crippen LogP contribution in [0.2, 0.25) is 0 Å². The summed E-state index contributed by atoms with van der Waals surface area (Å²) in [5.74, 6) is 0.987. The summed E-state index contributed by atoms with van der Waals surface area (Å²) in [4.78, 5) is 12.7. The molecule has 0 saturated carbocycles. The molecule has 0 aliphatic carbocycles. The number of hydrogen-bond donors (Lipinski definition) is 2. The Morgan fingerprint density at radius 2 is 2.09 bits per heavy atom. The minimum atomic E-state index is -0.921. The third-order valence-corrected chi connectivity index (χ3v) is 6.02. The Morgan fingerprint density at radius 3 is 2.88 bits per heavy atom. The molecule has 0 amide bonds. The van der Waals surface area contributed by atoms with E-state index in [2.05, 4.69) is 20.3 Å². The fraction of sp³-hybridized carbons (Fsp3) is 0.458. The van der Waals surface area contributed by atoms with Crippen LogP contribution in [-0.2, 0) is 17.7 Å². The highest BCUT2D eigenvalue weighted by Crippen LogP contribution is 2.29. The van der Waals surface area contributed by atoms with Crippen molar-refractivity contribution >= 4 is 11.0 Å². The molecule has 5 rings (SSSR count). The highest BCUT2D eigenvalue weighted by molar-refractivity contribution is 5.78. The Labute approximate surface area is 197 Å². The van der Waals surface area contributed by atoms with Crippen molar-refractivity contribution in [3.63, 3.8) is 0 Å². The van der Waals surface area contributed by atoms with Gasteiger partial charge < -0.3 is 29.4 Å². The number of nitrogens with one attached hydrogen (secondary N) is 1.